The van der Waals surface area contributed by atoms with Crippen molar-refractivity contribution >= 4 is 11.6 Å². The molecule has 3 rings (SSSR count). The first-order valence-corrected chi connectivity index (χ1v) is 7.09. The van der Waals surface area contributed by atoms with Gasteiger partial charge in [-0.1, -0.05) is 0 Å². The van der Waals surface area contributed by atoms with Crippen molar-refractivity contribution < 1.29 is 9.53 Å². The Morgan fingerprint density at radius 3 is 2.95 bits per heavy atom. The van der Waals surface area contributed by atoms with E-state index in [4.69, 9.17) is 4.74 Å². The molecule has 6 heteroatoms. The summed E-state index contributed by atoms with van der Waals surface area (Å²) in [7, 11) is 0. The second-order valence-corrected chi connectivity index (χ2v) is 5.16. The fourth-order valence-electron chi connectivity index (χ4n) is 2.40. The molecule has 110 valence electrons. The number of aryl methyl sites for hydroxylation is 1. The molecular formula is C15H18N4O2. The van der Waals surface area contributed by atoms with Crippen LogP contribution in [0.5, 0.6) is 0 Å². The van der Waals surface area contributed by atoms with Crippen LogP contribution in [0.4, 0.5) is 5.69 Å². The Balaban J connectivity index is 1.74. The van der Waals surface area contributed by atoms with Crippen LogP contribution in [0, 0.1) is 12.8 Å². The first-order chi connectivity index (χ1) is 10.2. The Labute approximate surface area is 123 Å². The molecule has 1 saturated heterocycles. The second-order valence-electron chi connectivity index (χ2n) is 5.16. The van der Waals surface area contributed by atoms with Gasteiger partial charge in [0.1, 0.15) is 0 Å². The van der Waals surface area contributed by atoms with Gasteiger partial charge in [-0.05, 0) is 31.9 Å². The number of nitrogens with one attached hydrogen (secondary N) is 1. The van der Waals surface area contributed by atoms with Crippen LogP contribution in [0.1, 0.15) is 18.5 Å². The number of ether oxygens (including phenoxy) is 1. The van der Waals surface area contributed by atoms with E-state index in [1.807, 2.05) is 25.3 Å². The van der Waals surface area contributed by atoms with Gasteiger partial charge in [0.2, 0.25) is 5.91 Å². The fraction of sp³-hybridized carbons (Fsp3) is 0.400. The maximum Gasteiger partial charge on any atom is 0.227 e. The van der Waals surface area contributed by atoms with E-state index in [9.17, 15) is 4.79 Å². The fourth-order valence-corrected chi connectivity index (χ4v) is 2.40. The highest BCUT2D eigenvalue weighted by atomic mass is 16.5. The van der Waals surface area contributed by atoms with Crippen molar-refractivity contribution in [2.45, 2.75) is 19.8 Å². The van der Waals surface area contributed by atoms with Crippen LogP contribution in [0.25, 0.3) is 5.69 Å². The lowest BCUT2D eigenvalue weighted by Gasteiger charge is -2.20. The summed E-state index contributed by atoms with van der Waals surface area (Å²) >= 11 is 0. The molecular weight excluding hydrogens is 268 g/mol. The molecule has 0 aromatic carbocycles. The summed E-state index contributed by atoms with van der Waals surface area (Å²) in [5, 5.41) is 7.39. The van der Waals surface area contributed by atoms with Crippen LogP contribution in [-0.4, -0.2) is 33.9 Å². The van der Waals surface area contributed by atoms with Gasteiger partial charge in [0.25, 0.3) is 0 Å². The Kier molecular flexibility index (Phi) is 3.96. The monoisotopic (exact) mass is 286 g/mol. The first kappa shape index (κ1) is 13.8. The number of carbonyl (C=O) groups excluding carboxylic acids is 1. The van der Waals surface area contributed by atoms with E-state index in [0.717, 1.165) is 29.9 Å². The van der Waals surface area contributed by atoms with Crippen molar-refractivity contribution in [3.63, 3.8) is 0 Å². The predicted molar refractivity (Wildman–Crippen MR) is 78.3 cm³/mol. The van der Waals surface area contributed by atoms with E-state index in [1.54, 1.807) is 17.1 Å². The minimum Gasteiger partial charge on any atom is -0.381 e. The van der Waals surface area contributed by atoms with Crippen LogP contribution in [0.2, 0.25) is 0 Å². The van der Waals surface area contributed by atoms with E-state index in [2.05, 4.69) is 15.4 Å². The van der Waals surface area contributed by atoms with Crippen molar-refractivity contribution in [1.29, 1.82) is 0 Å². The zero-order valence-electron chi connectivity index (χ0n) is 12.0. The number of pyridine rings is 1. The van der Waals surface area contributed by atoms with Gasteiger partial charge in [-0.25, -0.2) is 4.68 Å². The molecule has 1 amide bonds. The molecule has 1 aliphatic rings. The topological polar surface area (TPSA) is 69.0 Å². The van der Waals surface area contributed by atoms with E-state index in [-0.39, 0.29) is 11.8 Å². The molecule has 1 fully saturated rings. The Bertz CT molecular complexity index is 618. The van der Waals surface area contributed by atoms with Gasteiger partial charge in [0, 0.05) is 25.3 Å². The van der Waals surface area contributed by atoms with Crippen LogP contribution in [0.3, 0.4) is 0 Å². The van der Waals surface area contributed by atoms with Crippen LogP contribution in [0.15, 0.2) is 30.7 Å². The highest BCUT2D eigenvalue weighted by Crippen LogP contribution is 2.20. The minimum atomic E-state index is 0.0277. The number of amides is 1. The zero-order valence-corrected chi connectivity index (χ0v) is 12.0. The van der Waals surface area contributed by atoms with Crippen LogP contribution in [-0.2, 0) is 9.53 Å². The largest absolute Gasteiger partial charge is 0.381 e. The molecule has 21 heavy (non-hydrogen) atoms. The SMILES string of the molecule is Cc1nn(-c2cccnc2)cc1NC(=O)C1CCOCC1. The average Bonchev–Trinajstić information content (AvgIpc) is 2.90. The molecule has 0 bridgehead atoms. The maximum atomic E-state index is 12.2. The summed E-state index contributed by atoms with van der Waals surface area (Å²) in [5.74, 6) is 0.0760. The number of hydrogen-bond donors (Lipinski definition) is 1. The summed E-state index contributed by atoms with van der Waals surface area (Å²) in [5.41, 5.74) is 2.40. The van der Waals surface area contributed by atoms with Gasteiger partial charge in [0.05, 0.1) is 29.5 Å². The van der Waals surface area contributed by atoms with Gasteiger partial charge < -0.3 is 10.1 Å². The molecule has 0 saturated carbocycles. The number of hydrogen-bond acceptors (Lipinski definition) is 4. The molecule has 3 heterocycles. The van der Waals surface area contributed by atoms with Crippen molar-refractivity contribution in [2.75, 3.05) is 18.5 Å². The molecule has 6 nitrogen and oxygen atoms in total. The molecule has 1 N–H and O–H groups in total. The number of carbonyl (C=O) groups is 1. The second kappa shape index (κ2) is 6.05. The van der Waals surface area contributed by atoms with Gasteiger partial charge in [-0.3, -0.25) is 9.78 Å². The van der Waals surface area contributed by atoms with E-state index in [1.165, 1.54) is 0 Å². The molecule has 2 aromatic rings. The standard InChI is InChI=1S/C15H18N4O2/c1-11-14(17-15(20)12-4-7-21-8-5-12)10-19(18-11)13-3-2-6-16-9-13/h2-3,6,9-10,12H,4-5,7-8H2,1H3,(H,17,20). The molecule has 0 atom stereocenters. The summed E-state index contributed by atoms with van der Waals surface area (Å²) < 4.78 is 7.01. The molecule has 2 aromatic heterocycles. The molecule has 0 radical (unpaired) electrons. The summed E-state index contributed by atoms with van der Waals surface area (Å²) in [6.07, 6.45) is 6.83. The summed E-state index contributed by atoms with van der Waals surface area (Å²) in [6.45, 7) is 3.20. The first-order valence-electron chi connectivity index (χ1n) is 7.09. The van der Waals surface area contributed by atoms with Gasteiger partial charge in [-0.2, -0.15) is 5.10 Å². The summed E-state index contributed by atoms with van der Waals surface area (Å²) in [6, 6.07) is 3.77. The van der Waals surface area contributed by atoms with Gasteiger partial charge >= 0.3 is 0 Å². The van der Waals surface area contributed by atoms with Crippen molar-refractivity contribution in [1.82, 2.24) is 14.8 Å². The number of anilines is 1. The number of aromatic nitrogens is 3. The average molecular weight is 286 g/mol. The Morgan fingerprint density at radius 2 is 2.24 bits per heavy atom. The Hall–Kier alpha value is -2.21. The van der Waals surface area contributed by atoms with Crippen LogP contribution < -0.4 is 5.32 Å². The lowest BCUT2D eigenvalue weighted by atomic mass is 9.99. The third kappa shape index (κ3) is 3.11. The Morgan fingerprint density at radius 1 is 1.43 bits per heavy atom. The van der Waals surface area contributed by atoms with Crippen molar-refractivity contribution in [3.8, 4) is 5.69 Å². The van der Waals surface area contributed by atoms with Crippen molar-refractivity contribution in [3.05, 3.63) is 36.4 Å². The van der Waals surface area contributed by atoms with E-state index < -0.39 is 0 Å². The van der Waals surface area contributed by atoms with Crippen LogP contribution >= 0.6 is 0 Å². The lowest BCUT2D eigenvalue weighted by Crippen LogP contribution is -2.28. The molecule has 0 aliphatic carbocycles. The van der Waals surface area contributed by atoms with E-state index >= 15 is 0 Å². The van der Waals surface area contributed by atoms with Gasteiger partial charge in [0.15, 0.2) is 0 Å². The molecule has 0 spiro atoms. The number of nitrogens with zero attached hydrogens (tertiary/aromatic N) is 3. The summed E-state index contributed by atoms with van der Waals surface area (Å²) in [4.78, 5) is 16.3. The maximum absolute atomic E-state index is 12.2. The third-order valence-corrected chi connectivity index (χ3v) is 3.66. The van der Waals surface area contributed by atoms with Gasteiger partial charge in [-0.15, -0.1) is 0 Å². The number of rotatable bonds is 3. The third-order valence-electron chi connectivity index (χ3n) is 3.66. The zero-order chi connectivity index (χ0) is 14.7. The molecule has 0 unspecified atom stereocenters. The minimum absolute atomic E-state index is 0.0277. The van der Waals surface area contributed by atoms with Crippen molar-refractivity contribution in [2.24, 2.45) is 5.92 Å². The normalized spacial score (nSPS) is 15.9. The quantitative estimate of drug-likeness (QED) is 0.936. The lowest BCUT2D eigenvalue weighted by molar-refractivity contribution is -0.122. The predicted octanol–water partition coefficient (Wildman–Crippen LogP) is 1.94. The molecule has 1 aliphatic heterocycles. The van der Waals surface area contributed by atoms with E-state index in [0.29, 0.717) is 13.2 Å². The highest BCUT2D eigenvalue weighted by Gasteiger charge is 2.22. The smallest absolute Gasteiger partial charge is 0.227 e. The highest BCUT2D eigenvalue weighted by molar-refractivity contribution is 5.93.